The van der Waals surface area contributed by atoms with E-state index in [1.165, 1.54) is 11.1 Å². The van der Waals surface area contributed by atoms with Crippen molar-refractivity contribution in [3.8, 4) is 0 Å². The molecule has 0 bridgehead atoms. The molecule has 0 fully saturated rings. The second kappa shape index (κ2) is 7.11. The van der Waals surface area contributed by atoms with Gasteiger partial charge in [-0.2, -0.15) is 0 Å². The lowest BCUT2D eigenvalue weighted by molar-refractivity contribution is -0.141. The summed E-state index contributed by atoms with van der Waals surface area (Å²) < 4.78 is 0. The van der Waals surface area contributed by atoms with Crippen LogP contribution in [0, 0.1) is 5.92 Å². The van der Waals surface area contributed by atoms with Crippen LogP contribution in [0.5, 0.6) is 0 Å². The molecule has 0 saturated carbocycles. The van der Waals surface area contributed by atoms with E-state index in [0.717, 1.165) is 12.8 Å². The van der Waals surface area contributed by atoms with Crippen LogP contribution in [0.4, 0.5) is 4.79 Å². The van der Waals surface area contributed by atoms with Gasteiger partial charge in [-0.15, -0.1) is 0 Å². The Morgan fingerprint density at radius 3 is 2.48 bits per heavy atom. The minimum Gasteiger partial charge on any atom is -0.481 e. The molecule has 1 aliphatic rings. The minimum absolute atomic E-state index is 0.153. The predicted molar refractivity (Wildman–Crippen MR) is 80.2 cm³/mol. The molecule has 0 heterocycles. The summed E-state index contributed by atoms with van der Waals surface area (Å²) in [5.74, 6) is -1.15. The normalized spacial score (nSPS) is 15.3. The molecule has 0 aromatic heterocycles. The maximum Gasteiger partial charge on any atom is 0.315 e. The number of carboxylic acid groups (broad SMARTS) is 1. The van der Waals surface area contributed by atoms with E-state index in [1.54, 1.807) is 6.92 Å². The van der Waals surface area contributed by atoms with Crippen LogP contribution in [0.15, 0.2) is 24.3 Å². The molecular weight excluding hydrogens is 268 g/mol. The van der Waals surface area contributed by atoms with Crippen LogP contribution in [0.2, 0.25) is 0 Å². The maximum atomic E-state index is 11.8. The van der Waals surface area contributed by atoms with Crippen molar-refractivity contribution in [2.24, 2.45) is 5.92 Å². The average molecular weight is 290 g/mol. The fourth-order valence-electron chi connectivity index (χ4n) is 2.63. The molecule has 21 heavy (non-hydrogen) atoms. The van der Waals surface area contributed by atoms with E-state index in [0.29, 0.717) is 19.4 Å². The molecule has 5 nitrogen and oxygen atoms in total. The molecule has 1 aromatic carbocycles. The molecule has 0 saturated heterocycles. The van der Waals surface area contributed by atoms with Gasteiger partial charge in [0.1, 0.15) is 0 Å². The van der Waals surface area contributed by atoms with E-state index in [-0.39, 0.29) is 18.0 Å². The van der Waals surface area contributed by atoms with Crippen molar-refractivity contribution in [1.82, 2.24) is 10.6 Å². The lowest BCUT2D eigenvalue weighted by atomic mass is 10.1. The monoisotopic (exact) mass is 290 g/mol. The average Bonchev–Trinajstić information content (AvgIpc) is 2.85. The van der Waals surface area contributed by atoms with E-state index in [4.69, 9.17) is 5.11 Å². The molecule has 1 aliphatic carbocycles. The standard InChI is InChI=1S/C16H22N2O3/c1-11(15(19)20)5-4-8-17-16(21)18-14-9-12-6-2-3-7-13(12)10-14/h2-3,6-7,11,14H,4-5,8-10H2,1H3,(H,19,20)(H2,17,18,21). The van der Waals surface area contributed by atoms with Gasteiger partial charge in [0.25, 0.3) is 0 Å². The zero-order chi connectivity index (χ0) is 15.2. The van der Waals surface area contributed by atoms with Gasteiger partial charge in [0.05, 0.1) is 5.92 Å². The Morgan fingerprint density at radius 1 is 1.29 bits per heavy atom. The second-order valence-electron chi connectivity index (χ2n) is 5.66. The Labute approximate surface area is 124 Å². The van der Waals surface area contributed by atoms with Crippen LogP contribution in [0.1, 0.15) is 30.9 Å². The number of fused-ring (bicyclic) bond motifs is 1. The Hall–Kier alpha value is -2.04. The van der Waals surface area contributed by atoms with Crippen LogP contribution in [0.3, 0.4) is 0 Å². The largest absolute Gasteiger partial charge is 0.481 e. The van der Waals surface area contributed by atoms with Gasteiger partial charge in [-0.05, 0) is 36.8 Å². The lowest BCUT2D eigenvalue weighted by Gasteiger charge is -2.13. The highest BCUT2D eigenvalue weighted by Crippen LogP contribution is 2.21. The predicted octanol–water partition coefficient (Wildman–Crippen LogP) is 1.95. The zero-order valence-corrected chi connectivity index (χ0v) is 12.3. The SMILES string of the molecule is CC(CCCNC(=O)NC1Cc2ccccc2C1)C(=O)O. The number of urea groups is 1. The topological polar surface area (TPSA) is 78.4 Å². The van der Waals surface area contributed by atoms with Gasteiger partial charge in [0.2, 0.25) is 0 Å². The molecule has 0 radical (unpaired) electrons. The van der Waals surface area contributed by atoms with E-state index >= 15 is 0 Å². The molecule has 1 unspecified atom stereocenters. The first-order chi connectivity index (χ1) is 10.1. The van der Waals surface area contributed by atoms with Crippen LogP contribution in [-0.4, -0.2) is 29.7 Å². The first-order valence-electron chi connectivity index (χ1n) is 7.40. The summed E-state index contributed by atoms with van der Waals surface area (Å²) in [6, 6.07) is 8.22. The van der Waals surface area contributed by atoms with Crippen LogP contribution >= 0.6 is 0 Å². The highest BCUT2D eigenvalue weighted by atomic mass is 16.4. The van der Waals surface area contributed by atoms with Crippen LogP contribution in [-0.2, 0) is 17.6 Å². The van der Waals surface area contributed by atoms with Gasteiger partial charge in [-0.25, -0.2) is 4.79 Å². The Kier molecular flexibility index (Phi) is 5.20. The summed E-state index contributed by atoms with van der Waals surface area (Å²) in [4.78, 5) is 22.5. The van der Waals surface area contributed by atoms with Crippen LogP contribution < -0.4 is 10.6 Å². The fourth-order valence-corrected chi connectivity index (χ4v) is 2.63. The van der Waals surface area contributed by atoms with Crippen molar-refractivity contribution in [2.75, 3.05) is 6.54 Å². The second-order valence-corrected chi connectivity index (χ2v) is 5.66. The number of carboxylic acids is 1. The molecule has 2 amide bonds. The van der Waals surface area contributed by atoms with Crippen molar-refractivity contribution >= 4 is 12.0 Å². The molecule has 2 rings (SSSR count). The fraction of sp³-hybridized carbons (Fsp3) is 0.500. The summed E-state index contributed by atoms with van der Waals surface area (Å²) in [5.41, 5.74) is 2.61. The number of nitrogens with one attached hydrogen (secondary N) is 2. The first kappa shape index (κ1) is 15.4. The van der Waals surface area contributed by atoms with E-state index in [1.807, 2.05) is 12.1 Å². The van der Waals surface area contributed by atoms with Crippen molar-refractivity contribution in [3.05, 3.63) is 35.4 Å². The Bertz CT molecular complexity index is 491. The molecule has 1 atom stereocenters. The van der Waals surface area contributed by atoms with Crippen molar-refractivity contribution in [2.45, 2.75) is 38.6 Å². The van der Waals surface area contributed by atoms with E-state index in [2.05, 4.69) is 22.8 Å². The summed E-state index contributed by atoms with van der Waals surface area (Å²) in [5, 5.41) is 14.5. The van der Waals surface area contributed by atoms with Crippen molar-refractivity contribution in [3.63, 3.8) is 0 Å². The van der Waals surface area contributed by atoms with E-state index < -0.39 is 5.97 Å². The number of carbonyl (C=O) groups excluding carboxylic acids is 1. The smallest absolute Gasteiger partial charge is 0.315 e. The molecule has 0 aliphatic heterocycles. The van der Waals surface area contributed by atoms with Gasteiger partial charge in [0, 0.05) is 12.6 Å². The third-order valence-corrected chi connectivity index (χ3v) is 3.91. The van der Waals surface area contributed by atoms with Crippen molar-refractivity contribution in [1.29, 1.82) is 0 Å². The molecule has 3 N–H and O–H groups in total. The molecular formula is C16H22N2O3. The minimum atomic E-state index is -0.789. The summed E-state index contributed by atoms with van der Waals surface area (Å²) in [6.07, 6.45) is 3.00. The van der Waals surface area contributed by atoms with Gasteiger partial charge < -0.3 is 15.7 Å². The Morgan fingerprint density at radius 2 is 1.90 bits per heavy atom. The van der Waals surface area contributed by atoms with E-state index in [9.17, 15) is 9.59 Å². The summed E-state index contributed by atoms with van der Waals surface area (Å²) >= 11 is 0. The Balaban J connectivity index is 1.64. The van der Waals surface area contributed by atoms with Gasteiger partial charge in [-0.3, -0.25) is 4.79 Å². The molecule has 5 heteroatoms. The zero-order valence-electron chi connectivity index (χ0n) is 12.3. The summed E-state index contributed by atoms with van der Waals surface area (Å²) in [7, 11) is 0. The van der Waals surface area contributed by atoms with Crippen molar-refractivity contribution < 1.29 is 14.7 Å². The number of hydrogen-bond donors (Lipinski definition) is 3. The molecule has 0 spiro atoms. The molecule has 114 valence electrons. The third kappa shape index (κ3) is 4.48. The highest BCUT2D eigenvalue weighted by Gasteiger charge is 2.22. The molecule has 1 aromatic rings. The lowest BCUT2D eigenvalue weighted by Crippen LogP contribution is -2.42. The quantitative estimate of drug-likeness (QED) is 0.701. The number of aliphatic carboxylic acids is 1. The highest BCUT2D eigenvalue weighted by molar-refractivity contribution is 5.74. The van der Waals surface area contributed by atoms with Gasteiger partial charge >= 0.3 is 12.0 Å². The third-order valence-electron chi connectivity index (χ3n) is 3.91. The van der Waals surface area contributed by atoms with Gasteiger partial charge in [-0.1, -0.05) is 31.2 Å². The maximum absolute atomic E-state index is 11.8. The number of rotatable bonds is 6. The number of benzene rings is 1. The number of hydrogen-bond acceptors (Lipinski definition) is 2. The first-order valence-corrected chi connectivity index (χ1v) is 7.40. The number of amides is 2. The summed E-state index contributed by atoms with van der Waals surface area (Å²) in [6.45, 7) is 2.18. The van der Waals surface area contributed by atoms with Gasteiger partial charge in [0.15, 0.2) is 0 Å². The number of carbonyl (C=O) groups is 2. The van der Waals surface area contributed by atoms with Crippen LogP contribution in [0.25, 0.3) is 0 Å².